The Morgan fingerprint density at radius 2 is 1.70 bits per heavy atom. The fourth-order valence-corrected chi connectivity index (χ4v) is 3.72. The summed E-state index contributed by atoms with van der Waals surface area (Å²) < 4.78 is 11.4. The third-order valence-corrected chi connectivity index (χ3v) is 5.27. The van der Waals surface area contributed by atoms with Crippen LogP contribution in [0.25, 0.3) is 6.08 Å². The molecule has 1 amide bonds. The van der Waals surface area contributed by atoms with Crippen LogP contribution in [-0.2, 0) is 11.4 Å². The summed E-state index contributed by atoms with van der Waals surface area (Å²) >= 11 is 1.31. The van der Waals surface area contributed by atoms with Crippen LogP contribution in [0.5, 0.6) is 11.5 Å². The predicted molar refractivity (Wildman–Crippen MR) is 121 cm³/mol. The SMILES string of the molecule is COc1ccc(/C=C2\SC(=Nc3ccccc3)NC2=O)cc1OCc1ccccc1. The van der Waals surface area contributed by atoms with E-state index < -0.39 is 0 Å². The summed E-state index contributed by atoms with van der Waals surface area (Å²) in [5.74, 6) is 1.09. The Labute approximate surface area is 179 Å². The van der Waals surface area contributed by atoms with Crippen LogP contribution in [0.15, 0.2) is 88.8 Å². The van der Waals surface area contributed by atoms with Gasteiger partial charge in [-0.05, 0) is 53.2 Å². The molecule has 4 rings (SSSR count). The number of methoxy groups -OCH3 is 1. The van der Waals surface area contributed by atoms with Gasteiger partial charge in [0.15, 0.2) is 16.7 Å². The molecule has 0 aliphatic carbocycles. The van der Waals surface area contributed by atoms with Gasteiger partial charge in [0.1, 0.15) is 6.61 Å². The molecule has 30 heavy (non-hydrogen) atoms. The fourth-order valence-electron chi connectivity index (χ4n) is 2.88. The molecular formula is C24H20N2O3S. The largest absolute Gasteiger partial charge is 0.493 e. The minimum absolute atomic E-state index is 0.169. The van der Waals surface area contributed by atoms with Gasteiger partial charge in [0, 0.05) is 0 Å². The quantitative estimate of drug-likeness (QED) is 0.564. The molecule has 0 bridgehead atoms. The molecule has 1 heterocycles. The van der Waals surface area contributed by atoms with Crippen LogP contribution in [0, 0.1) is 0 Å². The second kappa shape index (κ2) is 9.33. The van der Waals surface area contributed by atoms with Crippen LogP contribution < -0.4 is 14.8 Å². The third-order valence-electron chi connectivity index (χ3n) is 4.36. The maximum absolute atomic E-state index is 12.4. The van der Waals surface area contributed by atoms with Crippen molar-refractivity contribution >= 4 is 34.6 Å². The number of aliphatic imine (C=N–C) groups is 1. The summed E-state index contributed by atoms with van der Waals surface area (Å²) in [6.45, 7) is 0.431. The van der Waals surface area contributed by atoms with E-state index in [0.29, 0.717) is 28.2 Å². The number of hydrogen-bond donors (Lipinski definition) is 1. The third kappa shape index (κ3) is 4.90. The van der Waals surface area contributed by atoms with Crippen molar-refractivity contribution in [3.63, 3.8) is 0 Å². The van der Waals surface area contributed by atoms with Crippen molar-refractivity contribution < 1.29 is 14.3 Å². The zero-order valence-corrected chi connectivity index (χ0v) is 17.2. The smallest absolute Gasteiger partial charge is 0.264 e. The molecule has 1 N–H and O–H groups in total. The Hall–Kier alpha value is -3.51. The van der Waals surface area contributed by atoms with Gasteiger partial charge in [0.25, 0.3) is 5.91 Å². The number of ether oxygens (including phenoxy) is 2. The lowest BCUT2D eigenvalue weighted by atomic mass is 10.2. The molecule has 5 nitrogen and oxygen atoms in total. The molecule has 0 aromatic heterocycles. The number of carbonyl (C=O) groups is 1. The lowest BCUT2D eigenvalue weighted by Gasteiger charge is -2.11. The molecule has 6 heteroatoms. The van der Waals surface area contributed by atoms with Crippen LogP contribution in [0.4, 0.5) is 5.69 Å². The highest BCUT2D eigenvalue weighted by atomic mass is 32.2. The molecule has 1 saturated heterocycles. The number of rotatable bonds is 6. The molecule has 0 unspecified atom stereocenters. The lowest BCUT2D eigenvalue weighted by Crippen LogP contribution is -2.19. The van der Waals surface area contributed by atoms with Crippen molar-refractivity contribution in [2.45, 2.75) is 6.61 Å². The summed E-state index contributed by atoms with van der Waals surface area (Å²) in [5, 5.41) is 3.37. The van der Waals surface area contributed by atoms with Gasteiger partial charge in [0.2, 0.25) is 0 Å². The fraction of sp³-hybridized carbons (Fsp3) is 0.0833. The van der Waals surface area contributed by atoms with Gasteiger partial charge in [-0.1, -0.05) is 54.6 Å². The Morgan fingerprint density at radius 1 is 0.967 bits per heavy atom. The predicted octanol–water partition coefficient (Wildman–Crippen LogP) is 5.17. The number of carbonyl (C=O) groups excluding carboxylic acids is 1. The number of thioether (sulfide) groups is 1. The first-order chi connectivity index (χ1) is 14.7. The van der Waals surface area contributed by atoms with Gasteiger partial charge in [-0.25, -0.2) is 4.99 Å². The van der Waals surface area contributed by atoms with E-state index in [9.17, 15) is 4.79 Å². The van der Waals surface area contributed by atoms with Crippen molar-refractivity contribution in [3.8, 4) is 11.5 Å². The molecule has 3 aromatic rings. The molecule has 0 radical (unpaired) electrons. The van der Waals surface area contributed by atoms with E-state index in [0.717, 1.165) is 16.8 Å². The molecule has 0 saturated carbocycles. The summed E-state index contributed by atoms with van der Waals surface area (Å²) in [4.78, 5) is 17.4. The zero-order valence-electron chi connectivity index (χ0n) is 16.4. The number of para-hydroxylation sites is 1. The van der Waals surface area contributed by atoms with Crippen molar-refractivity contribution in [1.29, 1.82) is 0 Å². The van der Waals surface area contributed by atoms with Crippen molar-refractivity contribution in [1.82, 2.24) is 5.32 Å². The molecule has 3 aromatic carbocycles. The number of benzene rings is 3. The second-order valence-electron chi connectivity index (χ2n) is 6.50. The minimum atomic E-state index is -0.169. The molecule has 0 atom stereocenters. The van der Waals surface area contributed by atoms with Crippen LogP contribution >= 0.6 is 11.8 Å². The van der Waals surface area contributed by atoms with Gasteiger partial charge in [-0.15, -0.1) is 0 Å². The Balaban J connectivity index is 1.53. The van der Waals surface area contributed by atoms with Crippen LogP contribution in [0.2, 0.25) is 0 Å². The van der Waals surface area contributed by atoms with E-state index in [-0.39, 0.29) is 5.91 Å². The number of amidine groups is 1. The van der Waals surface area contributed by atoms with E-state index in [1.165, 1.54) is 11.8 Å². The van der Waals surface area contributed by atoms with E-state index in [4.69, 9.17) is 9.47 Å². The molecule has 1 fully saturated rings. The van der Waals surface area contributed by atoms with Gasteiger partial charge in [0.05, 0.1) is 17.7 Å². The van der Waals surface area contributed by atoms with Gasteiger partial charge in [-0.2, -0.15) is 0 Å². The van der Waals surface area contributed by atoms with Gasteiger partial charge >= 0.3 is 0 Å². The minimum Gasteiger partial charge on any atom is -0.493 e. The molecule has 1 aliphatic heterocycles. The van der Waals surface area contributed by atoms with E-state index in [2.05, 4.69) is 10.3 Å². The average Bonchev–Trinajstić information content (AvgIpc) is 3.12. The Morgan fingerprint density at radius 3 is 2.43 bits per heavy atom. The molecule has 1 aliphatic rings. The topological polar surface area (TPSA) is 59.9 Å². The average molecular weight is 417 g/mol. The van der Waals surface area contributed by atoms with Crippen molar-refractivity contribution in [2.24, 2.45) is 4.99 Å². The van der Waals surface area contributed by atoms with E-state index in [1.807, 2.05) is 84.9 Å². The number of nitrogens with zero attached hydrogens (tertiary/aromatic N) is 1. The van der Waals surface area contributed by atoms with Crippen molar-refractivity contribution in [2.75, 3.05) is 7.11 Å². The van der Waals surface area contributed by atoms with Crippen LogP contribution in [-0.4, -0.2) is 18.2 Å². The monoisotopic (exact) mass is 416 g/mol. The molecular weight excluding hydrogens is 396 g/mol. The summed E-state index contributed by atoms with van der Waals surface area (Å²) in [5.41, 5.74) is 2.70. The van der Waals surface area contributed by atoms with E-state index in [1.54, 1.807) is 7.11 Å². The highest BCUT2D eigenvalue weighted by Crippen LogP contribution is 2.32. The summed E-state index contributed by atoms with van der Waals surface area (Å²) in [6, 6.07) is 25.0. The molecule has 150 valence electrons. The number of nitrogens with one attached hydrogen (secondary N) is 1. The highest BCUT2D eigenvalue weighted by Gasteiger charge is 2.24. The Kier molecular flexibility index (Phi) is 6.15. The first kappa shape index (κ1) is 19.8. The van der Waals surface area contributed by atoms with Gasteiger partial charge < -0.3 is 14.8 Å². The number of amides is 1. The first-order valence-electron chi connectivity index (χ1n) is 9.41. The maximum atomic E-state index is 12.4. The normalized spacial score (nSPS) is 16.0. The van der Waals surface area contributed by atoms with E-state index >= 15 is 0 Å². The highest BCUT2D eigenvalue weighted by molar-refractivity contribution is 8.18. The Bertz CT molecular complexity index is 1100. The zero-order chi connectivity index (χ0) is 20.8. The first-order valence-corrected chi connectivity index (χ1v) is 10.2. The van der Waals surface area contributed by atoms with Crippen LogP contribution in [0.3, 0.4) is 0 Å². The number of hydrogen-bond acceptors (Lipinski definition) is 5. The maximum Gasteiger partial charge on any atom is 0.264 e. The lowest BCUT2D eigenvalue weighted by molar-refractivity contribution is -0.115. The summed E-state index contributed by atoms with van der Waals surface area (Å²) in [6.07, 6.45) is 1.82. The van der Waals surface area contributed by atoms with Gasteiger partial charge in [-0.3, -0.25) is 4.79 Å². The molecule has 0 spiro atoms. The van der Waals surface area contributed by atoms with Crippen molar-refractivity contribution in [3.05, 3.63) is 94.9 Å². The summed E-state index contributed by atoms with van der Waals surface area (Å²) in [7, 11) is 1.61. The van der Waals surface area contributed by atoms with Crippen LogP contribution in [0.1, 0.15) is 11.1 Å². The second-order valence-corrected chi connectivity index (χ2v) is 7.53. The standard InChI is InChI=1S/C24H20N2O3S/c1-28-20-13-12-18(14-21(20)29-16-17-8-4-2-5-9-17)15-22-23(27)26-24(30-22)25-19-10-6-3-7-11-19/h2-15H,16H2,1H3,(H,25,26,27)/b22-15-.